The number of nitrogens with zero attached hydrogens (tertiary/aromatic N) is 6. The van der Waals surface area contributed by atoms with Gasteiger partial charge in [-0.05, 0) is 25.0 Å². The lowest BCUT2D eigenvalue weighted by molar-refractivity contribution is -0.107. The molecule has 0 radical (unpaired) electrons. The Morgan fingerprint density at radius 1 is 1.31 bits per heavy atom. The van der Waals surface area contributed by atoms with Crippen molar-refractivity contribution < 1.29 is 4.79 Å². The third-order valence-electron chi connectivity index (χ3n) is 3.88. The first kappa shape index (κ1) is 19.3. The van der Waals surface area contributed by atoms with E-state index in [-0.39, 0.29) is 5.95 Å². The first-order valence-electron chi connectivity index (χ1n) is 8.51. The smallest absolute Gasteiger partial charge is 0.223 e. The molecule has 8 nitrogen and oxygen atoms in total. The highest BCUT2D eigenvalue weighted by Gasteiger charge is 2.18. The third kappa shape index (κ3) is 4.14. The number of pyridine rings is 1. The van der Waals surface area contributed by atoms with E-state index in [4.69, 9.17) is 5.73 Å². The van der Waals surface area contributed by atoms with Crippen LogP contribution in [0.4, 0.5) is 11.6 Å². The molecule has 3 aromatic heterocycles. The van der Waals surface area contributed by atoms with E-state index < -0.39 is 0 Å². The lowest BCUT2D eigenvalue weighted by Gasteiger charge is -2.14. The van der Waals surface area contributed by atoms with Gasteiger partial charge in [-0.15, -0.1) is 5.10 Å². The van der Waals surface area contributed by atoms with Gasteiger partial charge in [-0.25, -0.2) is 9.97 Å². The number of nitrogen functional groups attached to an aromatic ring is 1. The molecule has 3 rings (SSSR count). The van der Waals surface area contributed by atoms with Crippen molar-refractivity contribution >= 4 is 23.7 Å². The number of hydrogen-bond acceptors (Lipinski definition) is 6. The summed E-state index contributed by atoms with van der Waals surface area (Å²) in [6.07, 6.45) is 3.65. The molecule has 0 aliphatic heterocycles. The zero-order valence-electron chi connectivity index (χ0n) is 15.8. The van der Waals surface area contributed by atoms with Crippen molar-refractivity contribution in [3.8, 4) is 11.5 Å². The summed E-state index contributed by atoms with van der Waals surface area (Å²) in [4.78, 5) is 25.3. The lowest BCUT2D eigenvalue weighted by atomic mass is 10.2. The van der Waals surface area contributed by atoms with Crippen LogP contribution in [0.5, 0.6) is 0 Å². The number of anilines is 2. The van der Waals surface area contributed by atoms with Crippen molar-refractivity contribution in [1.29, 1.82) is 0 Å². The minimum atomic E-state index is 0.209. The van der Waals surface area contributed by atoms with E-state index in [0.717, 1.165) is 5.92 Å². The first-order chi connectivity index (χ1) is 12.4. The molecule has 0 atom stereocenters. The summed E-state index contributed by atoms with van der Waals surface area (Å²) in [5, 5.41) is 4.31. The highest BCUT2D eigenvalue weighted by molar-refractivity contribution is 5.85. The van der Waals surface area contributed by atoms with Crippen LogP contribution < -0.4 is 10.6 Å². The van der Waals surface area contributed by atoms with Crippen molar-refractivity contribution in [3.05, 3.63) is 30.1 Å². The molecule has 2 N–H and O–H groups in total. The maximum absolute atomic E-state index is 11.1. The molecule has 1 amide bonds. The van der Waals surface area contributed by atoms with Crippen LogP contribution in [0, 0.1) is 12.8 Å². The van der Waals surface area contributed by atoms with E-state index in [9.17, 15) is 4.79 Å². The topological polar surface area (TPSA) is 102 Å². The van der Waals surface area contributed by atoms with Crippen molar-refractivity contribution in [3.63, 3.8) is 0 Å². The average Bonchev–Trinajstić information content (AvgIpc) is 3.08. The fraction of sp³-hybridized carbons (Fsp3) is 0.389. The van der Waals surface area contributed by atoms with Gasteiger partial charge in [0.2, 0.25) is 18.2 Å². The molecular weight excluding hydrogens is 330 g/mol. The second kappa shape index (κ2) is 8.37. The predicted octanol–water partition coefficient (Wildman–Crippen LogP) is 2.72. The van der Waals surface area contributed by atoms with Crippen molar-refractivity contribution in [1.82, 2.24) is 24.6 Å². The number of fused-ring (bicyclic) bond motifs is 1. The van der Waals surface area contributed by atoms with E-state index in [2.05, 4.69) is 40.8 Å². The minimum absolute atomic E-state index is 0.209. The summed E-state index contributed by atoms with van der Waals surface area (Å²) < 4.78 is 1.41. The zero-order valence-corrected chi connectivity index (χ0v) is 15.8. The van der Waals surface area contributed by atoms with Crippen molar-refractivity contribution in [2.24, 2.45) is 5.92 Å². The van der Waals surface area contributed by atoms with Gasteiger partial charge in [0.05, 0.1) is 5.69 Å². The molecule has 8 heteroatoms. The number of carbonyl (C=O) groups excluding carboxylic acids is 1. The van der Waals surface area contributed by atoms with E-state index in [1.807, 2.05) is 12.1 Å². The lowest BCUT2D eigenvalue weighted by Crippen LogP contribution is -2.18. The number of amides is 1. The van der Waals surface area contributed by atoms with Crippen LogP contribution in [0.15, 0.2) is 24.4 Å². The Morgan fingerprint density at radius 3 is 2.54 bits per heavy atom. The Bertz CT molecular complexity index is 874. The normalized spacial score (nSPS) is 10.5. The number of hydrogen-bond donors (Lipinski definition) is 1. The van der Waals surface area contributed by atoms with Gasteiger partial charge >= 0.3 is 0 Å². The van der Waals surface area contributed by atoms with Gasteiger partial charge in [0.15, 0.2) is 5.65 Å². The average molecular weight is 355 g/mol. The molecule has 0 saturated carbocycles. The van der Waals surface area contributed by atoms with Gasteiger partial charge in [-0.2, -0.15) is 4.52 Å². The van der Waals surface area contributed by atoms with Gasteiger partial charge in [-0.1, -0.05) is 33.3 Å². The quantitative estimate of drug-likeness (QED) is 0.722. The van der Waals surface area contributed by atoms with Crippen LogP contribution in [0.25, 0.3) is 17.2 Å². The maximum Gasteiger partial charge on any atom is 0.223 e. The zero-order chi connectivity index (χ0) is 19.3. The van der Waals surface area contributed by atoms with Crippen LogP contribution in [0.3, 0.4) is 0 Å². The van der Waals surface area contributed by atoms with Crippen LogP contribution in [-0.2, 0) is 4.79 Å². The SMILES string of the molecule is CCC(C)C.Cc1nc(N)n2nc(-c3ccccn3)nc2c1N(C)C=O. The molecule has 3 heterocycles. The standard InChI is InChI=1S/C13H13N7O.C5H12/c1-8-10(19(2)7-21)12-17-11(9-5-3-4-6-15-9)18-20(12)13(14)16-8;1-4-5(2)3/h3-7H,1-2H3,(H2,14,16);5H,4H2,1-3H3. The van der Waals surface area contributed by atoms with Gasteiger partial charge in [0.25, 0.3) is 0 Å². The summed E-state index contributed by atoms with van der Waals surface area (Å²) in [6.45, 7) is 8.41. The van der Waals surface area contributed by atoms with Crippen LogP contribution >= 0.6 is 0 Å². The molecular formula is C18H25N7O. The molecule has 0 spiro atoms. The summed E-state index contributed by atoms with van der Waals surface area (Å²) in [7, 11) is 1.63. The molecule has 26 heavy (non-hydrogen) atoms. The number of nitrogens with two attached hydrogens (primary N) is 1. The van der Waals surface area contributed by atoms with Crippen molar-refractivity contribution in [2.45, 2.75) is 34.1 Å². The highest BCUT2D eigenvalue weighted by Crippen LogP contribution is 2.25. The predicted molar refractivity (Wildman–Crippen MR) is 103 cm³/mol. The summed E-state index contributed by atoms with van der Waals surface area (Å²) in [5.74, 6) is 1.52. The monoisotopic (exact) mass is 355 g/mol. The van der Waals surface area contributed by atoms with E-state index in [1.165, 1.54) is 15.8 Å². The Kier molecular flexibility index (Phi) is 6.21. The minimum Gasteiger partial charge on any atom is -0.368 e. The van der Waals surface area contributed by atoms with E-state index in [0.29, 0.717) is 35.0 Å². The Morgan fingerprint density at radius 2 is 2.00 bits per heavy atom. The first-order valence-corrected chi connectivity index (χ1v) is 8.51. The molecule has 0 fully saturated rings. The molecule has 0 aromatic carbocycles. The Balaban J connectivity index is 0.000000431. The summed E-state index contributed by atoms with van der Waals surface area (Å²) in [5.41, 5.74) is 8.14. The molecule has 0 aliphatic carbocycles. The second-order valence-corrected chi connectivity index (χ2v) is 6.31. The van der Waals surface area contributed by atoms with Crippen LogP contribution in [0.2, 0.25) is 0 Å². The van der Waals surface area contributed by atoms with Gasteiger partial charge < -0.3 is 10.6 Å². The van der Waals surface area contributed by atoms with Gasteiger partial charge in [0, 0.05) is 13.2 Å². The molecule has 0 bridgehead atoms. The fourth-order valence-electron chi connectivity index (χ4n) is 2.13. The second-order valence-electron chi connectivity index (χ2n) is 6.31. The molecule has 138 valence electrons. The highest BCUT2D eigenvalue weighted by atomic mass is 16.1. The largest absolute Gasteiger partial charge is 0.368 e. The number of rotatable bonds is 4. The number of aryl methyl sites for hydroxylation is 1. The summed E-state index contributed by atoms with van der Waals surface area (Å²) >= 11 is 0. The molecule has 3 aromatic rings. The van der Waals surface area contributed by atoms with Crippen molar-refractivity contribution in [2.75, 3.05) is 17.7 Å². The molecule has 0 saturated heterocycles. The Hall–Kier alpha value is -3.03. The fourth-order valence-corrected chi connectivity index (χ4v) is 2.13. The van der Waals surface area contributed by atoms with E-state index in [1.54, 1.807) is 26.2 Å². The van der Waals surface area contributed by atoms with Crippen LogP contribution in [0.1, 0.15) is 32.9 Å². The Labute approximate surface area is 153 Å². The number of carbonyl (C=O) groups is 1. The number of aromatic nitrogens is 5. The molecule has 0 aliphatic rings. The third-order valence-corrected chi connectivity index (χ3v) is 3.88. The maximum atomic E-state index is 11.1. The van der Waals surface area contributed by atoms with Gasteiger partial charge in [0.1, 0.15) is 11.4 Å². The van der Waals surface area contributed by atoms with Crippen LogP contribution in [-0.4, -0.2) is 38.0 Å². The van der Waals surface area contributed by atoms with Gasteiger partial charge in [-0.3, -0.25) is 9.78 Å². The summed E-state index contributed by atoms with van der Waals surface area (Å²) in [6, 6.07) is 5.46. The van der Waals surface area contributed by atoms with E-state index >= 15 is 0 Å². The molecule has 0 unspecified atom stereocenters.